The van der Waals surface area contributed by atoms with E-state index in [1.165, 1.54) is 6.07 Å². The molecule has 24 heavy (non-hydrogen) atoms. The van der Waals surface area contributed by atoms with E-state index >= 15 is 0 Å². The number of amides is 1. The summed E-state index contributed by atoms with van der Waals surface area (Å²) in [4.78, 5) is 14.1. The summed E-state index contributed by atoms with van der Waals surface area (Å²) >= 11 is 0. The van der Waals surface area contributed by atoms with Gasteiger partial charge in [-0.1, -0.05) is 54.6 Å². The molecule has 0 aromatic heterocycles. The molecule has 122 valence electrons. The lowest BCUT2D eigenvalue weighted by molar-refractivity contribution is -0.117. The standard InChI is InChI=1S/C20H19FN2O/c1-23(13-16-8-3-5-11-18(16)21)14-20(24)22-19-12-6-9-15-7-2-4-10-17(15)19/h2-12H,13-14H2,1H3,(H,22,24). The number of nitrogens with one attached hydrogen (secondary N) is 1. The smallest absolute Gasteiger partial charge is 0.238 e. The maximum Gasteiger partial charge on any atom is 0.238 e. The van der Waals surface area contributed by atoms with Crippen LogP contribution in [0.3, 0.4) is 0 Å². The van der Waals surface area contributed by atoms with Gasteiger partial charge in [0.25, 0.3) is 0 Å². The van der Waals surface area contributed by atoms with Crippen molar-refractivity contribution in [2.45, 2.75) is 6.54 Å². The fourth-order valence-corrected chi connectivity index (χ4v) is 2.74. The lowest BCUT2D eigenvalue weighted by atomic mass is 10.1. The number of nitrogens with zero attached hydrogens (tertiary/aromatic N) is 1. The number of carbonyl (C=O) groups is 1. The van der Waals surface area contributed by atoms with E-state index in [9.17, 15) is 9.18 Å². The minimum absolute atomic E-state index is 0.120. The van der Waals surface area contributed by atoms with Gasteiger partial charge in [-0.2, -0.15) is 0 Å². The lowest BCUT2D eigenvalue weighted by Crippen LogP contribution is -2.30. The molecule has 0 saturated heterocycles. The van der Waals surface area contributed by atoms with E-state index in [1.54, 1.807) is 30.1 Å². The van der Waals surface area contributed by atoms with Crippen molar-refractivity contribution >= 4 is 22.4 Å². The molecule has 1 N–H and O–H groups in total. The van der Waals surface area contributed by atoms with Crippen molar-refractivity contribution in [2.24, 2.45) is 0 Å². The van der Waals surface area contributed by atoms with Crippen LogP contribution in [-0.4, -0.2) is 24.4 Å². The number of hydrogen-bond donors (Lipinski definition) is 1. The monoisotopic (exact) mass is 322 g/mol. The molecule has 0 fully saturated rings. The summed E-state index contributed by atoms with van der Waals surface area (Å²) in [5.74, 6) is -0.371. The van der Waals surface area contributed by atoms with Crippen molar-refractivity contribution in [3.8, 4) is 0 Å². The molecule has 4 heteroatoms. The molecule has 3 aromatic rings. The predicted octanol–water partition coefficient (Wildman–Crippen LogP) is 4.05. The number of halogens is 1. The molecule has 0 unspecified atom stereocenters. The molecule has 3 nitrogen and oxygen atoms in total. The number of hydrogen-bond acceptors (Lipinski definition) is 2. The van der Waals surface area contributed by atoms with Crippen LogP contribution >= 0.6 is 0 Å². The molecule has 0 aliphatic carbocycles. The van der Waals surface area contributed by atoms with Gasteiger partial charge in [-0.25, -0.2) is 4.39 Å². The third kappa shape index (κ3) is 3.78. The van der Waals surface area contributed by atoms with Crippen LogP contribution in [0.4, 0.5) is 10.1 Å². The number of anilines is 1. The van der Waals surface area contributed by atoms with Crippen LogP contribution in [0.15, 0.2) is 66.7 Å². The van der Waals surface area contributed by atoms with Crippen LogP contribution < -0.4 is 5.32 Å². The zero-order chi connectivity index (χ0) is 16.9. The van der Waals surface area contributed by atoms with Gasteiger partial charge in [-0.15, -0.1) is 0 Å². The summed E-state index contributed by atoms with van der Waals surface area (Å²) < 4.78 is 13.7. The highest BCUT2D eigenvalue weighted by molar-refractivity contribution is 6.02. The van der Waals surface area contributed by atoms with Crippen molar-refractivity contribution in [1.29, 1.82) is 0 Å². The highest BCUT2D eigenvalue weighted by Crippen LogP contribution is 2.22. The molecule has 0 aliphatic heterocycles. The van der Waals surface area contributed by atoms with Gasteiger partial charge in [-0.05, 0) is 24.6 Å². The topological polar surface area (TPSA) is 32.3 Å². The van der Waals surface area contributed by atoms with E-state index < -0.39 is 0 Å². The first-order valence-corrected chi connectivity index (χ1v) is 7.83. The quantitative estimate of drug-likeness (QED) is 0.768. The maximum atomic E-state index is 13.7. The number of likely N-dealkylation sites (N-methyl/N-ethyl adjacent to an activating group) is 1. The molecule has 0 bridgehead atoms. The van der Waals surface area contributed by atoms with Gasteiger partial charge in [0, 0.05) is 23.2 Å². The van der Waals surface area contributed by atoms with E-state index in [2.05, 4.69) is 5.32 Å². The SMILES string of the molecule is CN(CC(=O)Nc1cccc2ccccc12)Cc1ccccc1F. The van der Waals surface area contributed by atoms with Gasteiger partial charge < -0.3 is 5.32 Å². The second-order valence-electron chi connectivity index (χ2n) is 5.84. The molecule has 3 aromatic carbocycles. The van der Waals surface area contributed by atoms with E-state index in [1.807, 2.05) is 42.5 Å². The first-order valence-electron chi connectivity index (χ1n) is 7.83. The summed E-state index contributed by atoms with van der Waals surface area (Å²) in [5, 5.41) is 5.03. The van der Waals surface area contributed by atoms with Gasteiger partial charge in [0.2, 0.25) is 5.91 Å². The Morgan fingerprint density at radius 1 is 1.00 bits per heavy atom. The molecule has 0 spiro atoms. The molecule has 0 atom stereocenters. The fourth-order valence-electron chi connectivity index (χ4n) is 2.74. The maximum absolute atomic E-state index is 13.7. The van der Waals surface area contributed by atoms with Crippen molar-refractivity contribution in [3.63, 3.8) is 0 Å². The van der Waals surface area contributed by atoms with Gasteiger partial charge >= 0.3 is 0 Å². The molecule has 3 rings (SSSR count). The minimum atomic E-state index is -0.251. The second-order valence-corrected chi connectivity index (χ2v) is 5.84. The Morgan fingerprint density at radius 2 is 1.71 bits per heavy atom. The Balaban J connectivity index is 1.66. The molecule has 0 radical (unpaired) electrons. The highest BCUT2D eigenvalue weighted by Gasteiger charge is 2.11. The van der Waals surface area contributed by atoms with E-state index in [0.717, 1.165) is 16.5 Å². The molecule has 0 saturated carbocycles. The highest BCUT2D eigenvalue weighted by atomic mass is 19.1. The Kier molecular flexibility index (Phi) is 4.87. The second kappa shape index (κ2) is 7.23. The Morgan fingerprint density at radius 3 is 2.54 bits per heavy atom. The van der Waals surface area contributed by atoms with Gasteiger partial charge in [0.15, 0.2) is 0 Å². The van der Waals surface area contributed by atoms with Gasteiger partial charge in [0.1, 0.15) is 5.82 Å². The average Bonchev–Trinajstić information content (AvgIpc) is 2.57. The minimum Gasteiger partial charge on any atom is -0.324 e. The largest absolute Gasteiger partial charge is 0.324 e. The van der Waals surface area contributed by atoms with Crippen LogP contribution in [0.1, 0.15) is 5.56 Å². The Bertz CT molecular complexity index is 858. The molecular formula is C20H19FN2O. The van der Waals surface area contributed by atoms with Crippen molar-refractivity contribution in [2.75, 3.05) is 18.9 Å². The van der Waals surface area contributed by atoms with Crippen molar-refractivity contribution < 1.29 is 9.18 Å². The Labute approximate surface area is 140 Å². The third-order valence-corrected chi connectivity index (χ3v) is 3.88. The van der Waals surface area contributed by atoms with Crippen LogP contribution in [-0.2, 0) is 11.3 Å². The molecular weight excluding hydrogens is 303 g/mol. The molecule has 0 aliphatic rings. The number of carbonyl (C=O) groups excluding carboxylic acids is 1. The van der Waals surface area contributed by atoms with Crippen LogP contribution in [0, 0.1) is 5.82 Å². The zero-order valence-corrected chi connectivity index (χ0v) is 13.5. The van der Waals surface area contributed by atoms with E-state index in [4.69, 9.17) is 0 Å². The summed E-state index contributed by atoms with van der Waals surface area (Å²) in [6, 6.07) is 20.3. The summed E-state index contributed by atoms with van der Waals surface area (Å²) in [6.07, 6.45) is 0. The summed E-state index contributed by atoms with van der Waals surface area (Å²) in [5.41, 5.74) is 1.37. The average molecular weight is 322 g/mol. The lowest BCUT2D eigenvalue weighted by Gasteiger charge is -2.17. The number of fused-ring (bicyclic) bond motifs is 1. The zero-order valence-electron chi connectivity index (χ0n) is 13.5. The van der Waals surface area contributed by atoms with Crippen LogP contribution in [0.2, 0.25) is 0 Å². The number of rotatable bonds is 5. The van der Waals surface area contributed by atoms with Gasteiger partial charge in [-0.3, -0.25) is 9.69 Å². The third-order valence-electron chi connectivity index (χ3n) is 3.88. The van der Waals surface area contributed by atoms with E-state index in [0.29, 0.717) is 12.1 Å². The first kappa shape index (κ1) is 16.1. The van der Waals surface area contributed by atoms with Crippen LogP contribution in [0.25, 0.3) is 10.8 Å². The number of benzene rings is 3. The fraction of sp³-hybridized carbons (Fsp3) is 0.150. The summed E-state index contributed by atoms with van der Waals surface area (Å²) in [7, 11) is 1.80. The van der Waals surface area contributed by atoms with Crippen molar-refractivity contribution in [1.82, 2.24) is 4.90 Å². The molecule has 0 heterocycles. The normalized spacial score (nSPS) is 11.0. The van der Waals surface area contributed by atoms with E-state index in [-0.39, 0.29) is 18.3 Å². The predicted molar refractivity (Wildman–Crippen MR) is 95.3 cm³/mol. The van der Waals surface area contributed by atoms with Crippen molar-refractivity contribution in [3.05, 3.63) is 78.1 Å². The van der Waals surface area contributed by atoms with Gasteiger partial charge in [0.05, 0.1) is 6.54 Å². The first-order chi connectivity index (χ1) is 11.6. The molecule has 1 amide bonds. The summed E-state index contributed by atoms with van der Waals surface area (Å²) in [6.45, 7) is 0.577. The van der Waals surface area contributed by atoms with Crippen LogP contribution in [0.5, 0.6) is 0 Å². The Hall–Kier alpha value is -2.72.